The third-order valence-electron chi connectivity index (χ3n) is 4.09. The fourth-order valence-corrected chi connectivity index (χ4v) is 2.57. The van der Waals surface area contributed by atoms with Gasteiger partial charge in [0.05, 0.1) is 0 Å². The molecule has 1 amide bonds. The monoisotopic (exact) mass is 345 g/mol. The average Bonchev–Trinajstić information content (AvgIpc) is 2.72. The van der Waals surface area contributed by atoms with Gasteiger partial charge in [0.2, 0.25) is 0 Å². The maximum Gasteiger partial charge on any atom is 0.414 e. The second-order valence-corrected chi connectivity index (χ2v) is 5.89. The van der Waals surface area contributed by atoms with Gasteiger partial charge in [0.15, 0.2) is 0 Å². The topological polar surface area (TPSA) is 46.6 Å². The summed E-state index contributed by atoms with van der Waals surface area (Å²) in [7, 11) is 1.68. The minimum atomic E-state index is -0.415. The van der Waals surface area contributed by atoms with Gasteiger partial charge in [-0.1, -0.05) is 66.7 Å². The van der Waals surface area contributed by atoms with Crippen LogP contribution in [0, 0.1) is 0 Å². The van der Waals surface area contributed by atoms with Gasteiger partial charge in [-0.25, -0.2) is 4.79 Å². The van der Waals surface area contributed by atoms with Crippen molar-refractivity contribution in [3.05, 3.63) is 90.0 Å². The molecule has 0 aromatic heterocycles. The molecule has 3 rings (SSSR count). The number of hydrogen-bond donors (Lipinski definition) is 0. The number of anilines is 1. The Morgan fingerprint density at radius 1 is 0.923 bits per heavy atom. The van der Waals surface area contributed by atoms with E-state index in [1.54, 1.807) is 19.2 Å². The molecule has 26 heavy (non-hydrogen) atoms. The minimum absolute atomic E-state index is 0.233. The van der Waals surface area contributed by atoms with Crippen LogP contribution in [0.25, 0.3) is 11.1 Å². The van der Waals surface area contributed by atoms with Crippen LogP contribution in [0.3, 0.4) is 0 Å². The third kappa shape index (κ3) is 4.16. The quantitative estimate of drug-likeness (QED) is 0.615. The smallest absolute Gasteiger partial charge is 0.414 e. The second kappa shape index (κ2) is 8.12. The maximum absolute atomic E-state index is 12.3. The van der Waals surface area contributed by atoms with Crippen molar-refractivity contribution in [3.8, 4) is 11.1 Å². The molecular weight excluding hydrogens is 326 g/mol. The standard InChI is InChI=1S/C22H19NO3/c1-23(22(25)26-16-18-6-3-2-4-7-18)21-9-5-8-20(14-21)19-12-10-17(15-24)11-13-19/h2-15H,16H2,1H3. The van der Waals surface area contributed by atoms with E-state index in [4.69, 9.17) is 4.74 Å². The summed E-state index contributed by atoms with van der Waals surface area (Å²) < 4.78 is 5.37. The van der Waals surface area contributed by atoms with Crippen molar-refractivity contribution < 1.29 is 14.3 Å². The highest BCUT2D eigenvalue weighted by Gasteiger charge is 2.13. The first-order valence-corrected chi connectivity index (χ1v) is 8.27. The summed E-state index contributed by atoms with van der Waals surface area (Å²) in [5.41, 5.74) is 4.25. The summed E-state index contributed by atoms with van der Waals surface area (Å²) in [6.07, 6.45) is 0.402. The van der Waals surface area contributed by atoms with Gasteiger partial charge >= 0.3 is 6.09 Å². The van der Waals surface area contributed by atoms with Crippen molar-refractivity contribution >= 4 is 18.1 Å². The maximum atomic E-state index is 12.3. The first kappa shape index (κ1) is 17.4. The second-order valence-electron chi connectivity index (χ2n) is 5.89. The zero-order valence-electron chi connectivity index (χ0n) is 14.5. The van der Waals surface area contributed by atoms with Crippen LogP contribution in [0.1, 0.15) is 15.9 Å². The summed E-state index contributed by atoms with van der Waals surface area (Å²) in [6, 6.07) is 24.5. The Hall–Kier alpha value is -3.40. The van der Waals surface area contributed by atoms with Crippen molar-refractivity contribution in [1.82, 2.24) is 0 Å². The van der Waals surface area contributed by atoms with Gasteiger partial charge in [-0.2, -0.15) is 0 Å². The Morgan fingerprint density at radius 2 is 1.65 bits per heavy atom. The predicted octanol–water partition coefficient (Wildman–Crippen LogP) is 4.94. The van der Waals surface area contributed by atoms with Crippen LogP contribution >= 0.6 is 0 Å². The van der Waals surface area contributed by atoms with Crippen LogP contribution in [-0.4, -0.2) is 19.4 Å². The number of nitrogens with zero attached hydrogens (tertiary/aromatic N) is 1. The Morgan fingerprint density at radius 3 is 2.35 bits per heavy atom. The summed E-state index contributed by atoms with van der Waals surface area (Å²) in [4.78, 5) is 24.6. The molecule has 4 nitrogen and oxygen atoms in total. The highest BCUT2D eigenvalue weighted by Crippen LogP contribution is 2.25. The molecule has 0 N–H and O–H groups in total. The number of aldehydes is 1. The van der Waals surface area contributed by atoms with Crippen LogP contribution in [-0.2, 0) is 11.3 Å². The SMILES string of the molecule is CN(C(=O)OCc1ccccc1)c1cccc(-c2ccc(C=O)cc2)c1. The lowest BCUT2D eigenvalue weighted by Crippen LogP contribution is -2.26. The molecule has 0 atom stereocenters. The number of rotatable bonds is 5. The first-order chi connectivity index (χ1) is 12.7. The number of ether oxygens (including phenoxy) is 1. The zero-order valence-corrected chi connectivity index (χ0v) is 14.5. The van der Waals surface area contributed by atoms with Crippen molar-refractivity contribution in [3.63, 3.8) is 0 Å². The largest absolute Gasteiger partial charge is 0.444 e. The van der Waals surface area contributed by atoms with E-state index in [1.807, 2.05) is 66.7 Å². The van der Waals surface area contributed by atoms with Crippen LogP contribution in [0.2, 0.25) is 0 Å². The molecule has 0 aliphatic heterocycles. The molecule has 3 aromatic rings. The summed E-state index contributed by atoms with van der Waals surface area (Å²) >= 11 is 0. The molecule has 0 radical (unpaired) electrons. The Kier molecular flexibility index (Phi) is 5.44. The molecule has 3 aromatic carbocycles. The van der Waals surface area contributed by atoms with Crippen LogP contribution in [0.15, 0.2) is 78.9 Å². The van der Waals surface area contributed by atoms with E-state index in [2.05, 4.69) is 0 Å². The average molecular weight is 345 g/mol. The van der Waals surface area contributed by atoms with E-state index < -0.39 is 6.09 Å². The van der Waals surface area contributed by atoms with Crippen LogP contribution in [0.4, 0.5) is 10.5 Å². The normalized spacial score (nSPS) is 10.2. The van der Waals surface area contributed by atoms with Gasteiger partial charge in [-0.3, -0.25) is 9.69 Å². The van der Waals surface area contributed by atoms with E-state index in [9.17, 15) is 9.59 Å². The van der Waals surface area contributed by atoms with Crippen LogP contribution < -0.4 is 4.90 Å². The van der Waals surface area contributed by atoms with Gasteiger partial charge < -0.3 is 4.74 Å². The molecule has 0 heterocycles. The van der Waals surface area contributed by atoms with Crippen molar-refractivity contribution in [2.45, 2.75) is 6.61 Å². The van der Waals surface area contributed by atoms with Crippen molar-refractivity contribution in [2.75, 3.05) is 11.9 Å². The highest BCUT2D eigenvalue weighted by molar-refractivity contribution is 5.88. The number of carbonyl (C=O) groups excluding carboxylic acids is 2. The van der Waals surface area contributed by atoms with Crippen molar-refractivity contribution in [1.29, 1.82) is 0 Å². The predicted molar refractivity (Wildman–Crippen MR) is 102 cm³/mol. The Labute approximate surface area is 152 Å². The molecule has 0 saturated carbocycles. The Bertz CT molecular complexity index is 889. The van der Waals surface area contributed by atoms with Gasteiger partial charge in [-0.15, -0.1) is 0 Å². The molecule has 0 fully saturated rings. The summed E-state index contributed by atoms with van der Waals surface area (Å²) in [5, 5.41) is 0. The molecule has 0 spiro atoms. The number of hydrogen-bond acceptors (Lipinski definition) is 3. The molecule has 0 saturated heterocycles. The number of carbonyl (C=O) groups is 2. The van der Waals surface area contributed by atoms with Crippen molar-refractivity contribution in [2.24, 2.45) is 0 Å². The molecule has 0 aliphatic rings. The summed E-state index contributed by atoms with van der Waals surface area (Å²) in [6.45, 7) is 0.233. The lowest BCUT2D eigenvalue weighted by Gasteiger charge is -2.18. The van der Waals surface area contributed by atoms with Gasteiger partial charge in [0.25, 0.3) is 0 Å². The van der Waals surface area contributed by atoms with E-state index in [-0.39, 0.29) is 6.61 Å². The summed E-state index contributed by atoms with van der Waals surface area (Å²) in [5.74, 6) is 0. The molecule has 0 aliphatic carbocycles. The third-order valence-corrected chi connectivity index (χ3v) is 4.09. The minimum Gasteiger partial charge on any atom is -0.444 e. The lowest BCUT2D eigenvalue weighted by atomic mass is 10.0. The lowest BCUT2D eigenvalue weighted by molar-refractivity contribution is 0.112. The van der Waals surface area contributed by atoms with E-state index in [0.29, 0.717) is 5.56 Å². The first-order valence-electron chi connectivity index (χ1n) is 8.27. The molecule has 0 unspecified atom stereocenters. The van der Waals surface area contributed by atoms with Gasteiger partial charge in [0.1, 0.15) is 12.9 Å². The van der Waals surface area contributed by atoms with Gasteiger partial charge in [0, 0.05) is 18.3 Å². The molecule has 0 bridgehead atoms. The van der Waals surface area contributed by atoms with Crippen LogP contribution in [0.5, 0.6) is 0 Å². The van der Waals surface area contributed by atoms with E-state index >= 15 is 0 Å². The van der Waals surface area contributed by atoms with E-state index in [1.165, 1.54) is 4.90 Å². The zero-order chi connectivity index (χ0) is 18.4. The van der Waals surface area contributed by atoms with Gasteiger partial charge in [-0.05, 0) is 28.8 Å². The highest BCUT2D eigenvalue weighted by atomic mass is 16.6. The fraction of sp³-hybridized carbons (Fsp3) is 0.0909. The number of amides is 1. The molecule has 130 valence electrons. The fourth-order valence-electron chi connectivity index (χ4n) is 2.57. The number of benzene rings is 3. The molecular formula is C22H19NO3. The molecule has 4 heteroatoms. The Balaban J connectivity index is 1.71. The van der Waals surface area contributed by atoms with E-state index in [0.717, 1.165) is 28.7 Å².